The van der Waals surface area contributed by atoms with Crippen molar-refractivity contribution in [3.63, 3.8) is 0 Å². The van der Waals surface area contributed by atoms with Crippen molar-refractivity contribution in [1.29, 1.82) is 0 Å². The standard InChI is InChI=1S/C14H23N3S/c1-10(2)17-8-5-11-12(9-17)18-13(16-11)14(15)6-3-4-7-14/h10H,3-9,15H2,1-2H3. The number of fused-ring (bicyclic) bond motifs is 1. The highest BCUT2D eigenvalue weighted by Crippen LogP contribution is 2.40. The molecule has 1 aromatic rings. The Kier molecular flexibility index (Phi) is 3.20. The Morgan fingerprint density at radius 1 is 1.33 bits per heavy atom. The normalized spacial score (nSPS) is 23.6. The van der Waals surface area contributed by atoms with E-state index in [1.165, 1.54) is 28.4 Å². The minimum atomic E-state index is -0.106. The fraction of sp³-hybridized carbons (Fsp3) is 0.786. The Morgan fingerprint density at radius 3 is 2.72 bits per heavy atom. The molecule has 0 amide bonds. The van der Waals surface area contributed by atoms with Gasteiger partial charge < -0.3 is 5.73 Å². The summed E-state index contributed by atoms with van der Waals surface area (Å²) in [6.07, 6.45) is 5.86. The van der Waals surface area contributed by atoms with E-state index in [9.17, 15) is 0 Å². The van der Waals surface area contributed by atoms with Gasteiger partial charge in [0.15, 0.2) is 0 Å². The minimum Gasteiger partial charge on any atom is -0.319 e. The Hall–Kier alpha value is -0.450. The predicted molar refractivity (Wildman–Crippen MR) is 75.7 cm³/mol. The third-order valence-electron chi connectivity index (χ3n) is 4.41. The SMILES string of the molecule is CC(C)N1CCc2nc(C3(N)CCCC3)sc2C1. The number of rotatable bonds is 2. The van der Waals surface area contributed by atoms with Crippen molar-refractivity contribution in [1.82, 2.24) is 9.88 Å². The molecule has 0 radical (unpaired) electrons. The molecule has 100 valence electrons. The van der Waals surface area contributed by atoms with E-state index >= 15 is 0 Å². The molecule has 2 aliphatic rings. The molecule has 2 N–H and O–H groups in total. The highest BCUT2D eigenvalue weighted by Gasteiger charge is 2.35. The van der Waals surface area contributed by atoms with Gasteiger partial charge in [-0.25, -0.2) is 4.98 Å². The Bertz CT molecular complexity index is 432. The summed E-state index contributed by atoms with van der Waals surface area (Å²) in [6, 6.07) is 0.627. The van der Waals surface area contributed by atoms with E-state index in [1.54, 1.807) is 0 Å². The summed E-state index contributed by atoms with van der Waals surface area (Å²) in [6.45, 7) is 6.76. The molecule has 1 saturated carbocycles. The van der Waals surface area contributed by atoms with Gasteiger partial charge in [0.1, 0.15) is 5.01 Å². The lowest BCUT2D eigenvalue weighted by Crippen LogP contribution is -2.35. The van der Waals surface area contributed by atoms with Gasteiger partial charge in [0, 0.05) is 30.4 Å². The van der Waals surface area contributed by atoms with Gasteiger partial charge in [0.25, 0.3) is 0 Å². The second kappa shape index (κ2) is 4.58. The molecular formula is C14H23N3S. The van der Waals surface area contributed by atoms with E-state index in [4.69, 9.17) is 10.7 Å². The summed E-state index contributed by atoms with van der Waals surface area (Å²) in [7, 11) is 0. The van der Waals surface area contributed by atoms with Gasteiger partial charge in [0.2, 0.25) is 0 Å². The van der Waals surface area contributed by atoms with Crippen LogP contribution in [0.15, 0.2) is 0 Å². The number of hydrogen-bond donors (Lipinski definition) is 1. The molecule has 18 heavy (non-hydrogen) atoms. The Morgan fingerprint density at radius 2 is 2.06 bits per heavy atom. The molecule has 3 nitrogen and oxygen atoms in total. The van der Waals surface area contributed by atoms with Gasteiger partial charge in [-0.15, -0.1) is 11.3 Å². The van der Waals surface area contributed by atoms with Gasteiger partial charge in [-0.1, -0.05) is 12.8 Å². The molecule has 0 bridgehead atoms. The second-order valence-corrected chi connectivity index (χ2v) is 7.15. The van der Waals surface area contributed by atoms with Crippen molar-refractivity contribution in [2.24, 2.45) is 5.73 Å². The zero-order valence-electron chi connectivity index (χ0n) is 11.4. The fourth-order valence-electron chi connectivity index (χ4n) is 3.09. The summed E-state index contributed by atoms with van der Waals surface area (Å²) >= 11 is 1.87. The summed E-state index contributed by atoms with van der Waals surface area (Å²) in [5.41, 5.74) is 7.74. The molecule has 0 saturated heterocycles. The molecule has 1 aromatic heterocycles. The van der Waals surface area contributed by atoms with Crippen LogP contribution in [-0.2, 0) is 18.5 Å². The number of hydrogen-bond acceptors (Lipinski definition) is 4. The number of nitrogens with zero attached hydrogens (tertiary/aromatic N) is 2. The van der Waals surface area contributed by atoms with Crippen LogP contribution >= 0.6 is 11.3 Å². The lowest BCUT2D eigenvalue weighted by molar-refractivity contribution is 0.205. The first-order valence-electron chi connectivity index (χ1n) is 7.10. The van der Waals surface area contributed by atoms with Gasteiger partial charge in [-0.05, 0) is 26.7 Å². The van der Waals surface area contributed by atoms with Gasteiger partial charge in [-0.3, -0.25) is 4.90 Å². The molecular weight excluding hydrogens is 242 g/mol. The maximum Gasteiger partial charge on any atom is 0.113 e. The van der Waals surface area contributed by atoms with Crippen LogP contribution in [0.2, 0.25) is 0 Å². The lowest BCUT2D eigenvalue weighted by Gasteiger charge is -2.29. The average molecular weight is 265 g/mol. The molecule has 1 aliphatic carbocycles. The molecule has 2 heterocycles. The van der Waals surface area contributed by atoms with Gasteiger partial charge in [-0.2, -0.15) is 0 Å². The van der Waals surface area contributed by atoms with Gasteiger partial charge in [0.05, 0.1) is 11.2 Å². The van der Waals surface area contributed by atoms with E-state index in [0.717, 1.165) is 32.4 Å². The Balaban J connectivity index is 1.85. The van der Waals surface area contributed by atoms with Crippen molar-refractivity contribution in [3.05, 3.63) is 15.6 Å². The average Bonchev–Trinajstić information content (AvgIpc) is 2.94. The third-order valence-corrected chi connectivity index (χ3v) is 5.72. The van der Waals surface area contributed by atoms with Crippen LogP contribution in [0, 0.1) is 0 Å². The molecule has 0 atom stereocenters. The largest absolute Gasteiger partial charge is 0.319 e. The van der Waals surface area contributed by atoms with E-state index in [1.807, 2.05) is 11.3 Å². The van der Waals surface area contributed by atoms with Crippen molar-refractivity contribution >= 4 is 11.3 Å². The monoisotopic (exact) mass is 265 g/mol. The zero-order chi connectivity index (χ0) is 12.8. The van der Waals surface area contributed by atoms with E-state index in [2.05, 4.69) is 18.7 Å². The highest BCUT2D eigenvalue weighted by atomic mass is 32.1. The molecule has 1 aliphatic heterocycles. The van der Waals surface area contributed by atoms with Crippen molar-refractivity contribution in [3.8, 4) is 0 Å². The van der Waals surface area contributed by atoms with Crippen LogP contribution in [0.5, 0.6) is 0 Å². The second-order valence-electron chi connectivity index (χ2n) is 6.07. The zero-order valence-corrected chi connectivity index (χ0v) is 12.2. The van der Waals surface area contributed by atoms with Crippen LogP contribution < -0.4 is 5.73 Å². The van der Waals surface area contributed by atoms with Crippen LogP contribution in [0.25, 0.3) is 0 Å². The molecule has 3 rings (SSSR count). The minimum absolute atomic E-state index is 0.106. The van der Waals surface area contributed by atoms with E-state index in [-0.39, 0.29) is 5.54 Å². The lowest BCUT2D eigenvalue weighted by atomic mass is 10.0. The maximum absolute atomic E-state index is 6.52. The van der Waals surface area contributed by atoms with Gasteiger partial charge >= 0.3 is 0 Å². The van der Waals surface area contributed by atoms with Crippen LogP contribution in [0.4, 0.5) is 0 Å². The maximum atomic E-state index is 6.52. The number of aromatic nitrogens is 1. The number of thiazole rings is 1. The highest BCUT2D eigenvalue weighted by molar-refractivity contribution is 7.11. The van der Waals surface area contributed by atoms with E-state index < -0.39 is 0 Å². The molecule has 0 spiro atoms. The first-order valence-corrected chi connectivity index (χ1v) is 7.92. The fourth-order valence-corrected chi connectivity index (χ4v) is 4.38. The summed E-state index contributed by atoms with van der Waals surface area (Å²) in [5, 5.41) is 1.20. The predicted octanol–water partition coefficient (Wildman–Crippen LogP) is 2.64. The summed E-state index contributed by atoms with van der Waals surface area (Å²) in [5.74, 6) is 0. The first kappa shape index (κ1) is 12.6. The van der Waals surface area contributed by atoms with Crippen LogP contribution in [0.1, 0.15) is 55.1 Å². The summed E-state index contributed by atoms with van der Waals surface area (Å²) < 4.78 is 0. The summed E-state index contributed by atoms with van der Waals surface area (Å²) in [4.78, 5) is 8.85. The molecule has 0 aromatic carbocycles. The molecule has 1 fully saturated rings. The van der Waals surface area contributed by atoms with Crippen molar-refractivity contribution in [2.45, 2.75) is 64.1 Å². The topological polar surface area (TPSA) is 42.2 Å². The molecule has 0 unspecified atom stereocenters. The molecule has 4 heteroatoms. The first-order chi connectivity index (χ1) is 8.58. The van der Waals surface area contributed by atoms with Crippen molar-refractivity contribution in [2.75, 3.05) is 6.54 Å². The third kappa shape index (κ3) is 2.10. The number of nitrogens with two attached hydrogens (primary N) is 1. The Labute approximate surface area is 113 Å². The quantitative estimate of drug-likeness (QED) is 0.894. The van der Waals surface area contributed by atoms with E-state index in [0.29, 0.717) is 6.04 Å². The smallest absolute Gasteiger partial charge is 0.113 e. The van der Waals surface area contributed by atoms with Crippen molar-refractivity contribution < 1.29 is 0 Å². The van der Waals surface area contributed by atoms with Crippen LogP contribution in [-0.4, -0.2) is 22.5 Å². The van der Waals surface area contributed by atoms with Crippen LogP contribution in [0.3, 0.4) is 0 Å².